The molecule has 2 aromatic heterocycles. The molecular formula is C47H55N3O5Si2. The number of aryl methyl sites for hydroxylation is 1. The van der Waals surface area contributed by atoms with Crippen molar-refractivity contribution in [3.63, 3.8) is 0 Å². The van der Waals surface area contributed by atoms with Gasteiger partial charge in [-0.15, -0.1) is 0 Å². The predicted octanol–water partition coefficient (Wildman–Crippen LogP) is 8.78. The summed E-state index contributed by atoms with van der Waals surface area (Å²) in [6, 6.07) is 29.1. The summed E-state index contributed by atoms with van der Waals surface area (Å²) in [5.41, 5.74) is 14.0. The van der Waals surface area contributed by atoms with Gasteiger partial charge in [-0.05, 0) is 129 Å². The summed E-state index contributed by atoms with van der Waals surface area (Å²) in [6.45, 7) is 14.4. The summed E-state index contributed by atoms with van der Waals surface area (Å²) < 4.78 is 19.4. The molecule has 0 spiro atoms. The van der Waals surface area contributed by atoms with Crippen molar-refractivity contribution >= 4 is 60.8 Å². The van der Waals surface area contributed by atoms with Crippen molar-refractivity contribution < 1.29 is 22.5 Å². The van der Waals surface area contributed by atoms with Gasteiger partial charge in [-0.1, -0.05) is 55.5 Å². The summed E-state index contributed by atoms with van der Waals surface area (Å²) in [4.78, 5) is 31.8. The molecule has 6 aromatic rings. The third kappa shape index (κ3) is 7.93. The van der Waals surface area contributed by atoms with Gasteiger partial charge < -0.3 is 28.5 Å². The van der Waals surface area contributed by atoms with Gasteiger partial charge in [-0.3, -0.25) is 9.59 Å². The Hall–Kier alpha value is -4.75. The molecule has 0 saturated carbocycles. The van der Waals surface area contributed by atoms with Gasteiger partial charge in [0.1, 0.15) is 11.2 Å². The van der Waals surface area contributed by atoms with E-state index in [0.29, 0.717) is 42.6 Å². The zero-order chi connectivity index (χ0) is 39.9. The van der Waals surface area contributed by atoms with Gasteiger partial charge in [0.2, 0.25) is 16.6 Å². The zero-order valence-corrected chi connectivity index (χ0v) is 36.0. The summed E-state index contributed by atoms with van der Waals surface area (Å²) in [5, 5.41) is 3.93. The lowest BCUT2D eigenvalue weighted by molar-refractivity contribution is 0.0705. The van der Waals surface area contributed by atoms with E-state index in [-0.39, 0.29) is 11.8 Å². The van der Waals surface area contributed by atoms with E-state index in [0.717, 1.165) is 83.1 Å². The Morgan fingerprint density at radius 3 is 1.53 bits per heavy atom. The molecule has 4 aromatic carbocycles. The van der Waals surface area contributed by atoms with Gasteiger partial charge in [-0.2, -0.15) is 0 Å². The second kappa shape index (κ2) is 15.9. The number of fused-ring (bicyclic) bond motifs is 2. The van der Waals surface area contributed by atoms with Crippen LogP contribution in [-0.4, -0.2) is 64.4 Å². The molecule has 4 heterocycles. The van der Waals surface area contributed by atoms with Crippen LogP contribution >= 0.6 is 0 Å². The van der Waals surface area contributed by atoms with E-state index in [1.165, 1.54) is 16.7 Å². The van der Waals surface area contributed by atoms with Gasteiger partial charge in [0.15, 0.2) is 0 Å². The number of amides is 2. The second-order valence-electron chi connectivity index (χ2n) is 17.0. The SMILES string of the molecule is CCc1cccc(C2CCN(C(=O)c3ccc4occ([Si](C)(C)O[Si](C)(C)c5coc6ccc(C(=O)N7CCC(c8cccc(CN)c8)CC7)cc56)c4c3)CC2)c1. The number of nitrogens with two attached hydrogens (primary N) is 1. The number of furan rings is 2. The first-order valence-corrected chi connectivity index (χ1v) is 26.5. The van der Waals surface area contributed by atoms with Crippen LogP contribution in [0.2, 0.25) is 26.2 Å². The zero-order valence-electron chi connectivity index (χ0n) is 34.0. The molecule has 0 unspecified atom stereocenters. The van der Waals surface area contributed by atoms with Crippen LogP contribution in [0.4, 0.5) is 0 Å². The normalized spacial score (nSPS) is 16.2. The number of benzene rings is 4. The number of nitrogens with zero attached hydrogens (tertiary/aromatic N) is 2. The molecule has 10 heteroatoms. The molecule has 8 rings (SSSR count). The highest BCUT2D eigenvalue weighted by Gasteiger charge is 2.40. The Morgan fingerprint density at radius 1 is 0.649 bits per heavy atom. The number of hydrogen-bond acceptors (Lipinski definition) is 6. The van der Waals surface area contributed by atoms with Crippen molar-refractivity contribution in [1.82, 2.24) is 9.80 Å². The Bertz CT molecular complexity index is 2250. The summed E-state index contributed by atoms with van der Waals surface area (Å²) >= 11 is 0. The van der Waals surface area contributed by atoms with Crippen LogP contribution in [0.15, 0.2) is 106 Å². The second-order valence-corrected chi connectivity index (χ2v) is 25.0. The minimum atomic E-state index is -2.61. The third-order valence-corrected chi connectivity index (χ3v) is 20.0. The number of carbonyl (C=O) groups excluding carboxylic acids is 2. The monoisotopic (exact) mass is 797 g/mol. The molecule has 296 valence electrons. The van der Waals surface area contributed by atoms with Crippen molar-refractivity contribution in [3.8, 4) is 0 Å². The Kier molecular flexibility index (Phi) is 10.9. The van der Waals surface area contributed by atoms with Crippen LogP contribution in [-0.2, 0) is 17.1 Å². The van der Waals surface area contributed by atoms with Gasteiger partial charge in [0, 0.05) is 65.0 Å². The van der Waals surface area contributed by atoms with Crippen molar-refractivity contribution in [2.75, 3.05) is 26.2 Å². The smallest absolute Gasteiger partial charge is 0.253 e. The van der Waals surface area contributed by atoms with Crippen molar-refractivity contribution in [2.45, 2.75) is 83.6 Å². The predicted molar refractivity (Wildman–Crippen MR) is 234 cm³/mol. The van der Waals surface area contributed by atoms with Gasteiger partial charge >= 0.3 is 0 Å². The van der Waals surface area contributed by atoms with Crippen LogP contribution in [0.25, 0.3) is 21.9 Å². The Morgan fingerprint density at radius 2 is 1.09 bits per heavy atom. The fraction of sp³-hybridized carbons (Fsp3) is 0.362. The van der Waals surface area contributed by atoms with Crippen LogP contribution in [0.5, 0.6) is 0 Å². The van der Waals surface area contributed by atoms with Crippen molar-refractivity contribution in [1.29, 1.82) is 0 Å². The molecule has 57 heavy (non-hydrogen) atoms. The maximum Gasteiger partial charge on any atom is 0.253 e. The largest absolute Gasteiger partial charge is 0.464 e. The molecule has 2 amide bonds. The number of likely N-dealkylation sites (tertiary alicyclic amines) is 2. The molecule has 0 bridgehead atoms. The quantitative estimate of drug-likeness (QED) is 0.139. The fourth-order valence-electron chi connectivity index (χ4n) is 9.24. The average Bonchev–Trinajstić information content (AvgIpc) is 3.88. The molecule has 0 aliphatic carbocycles. The van der Waals surface area contributed by atoms with E-state index in [1.807, 2.05) is 58.7 Å². The average molecular weight is 798 g/mol. The number of rotatable bonds is 10. The molecule has 2 saturated heterocycles. The lowest BCUT2D eigenvalue weighted by Gasteiger charge is -2.34. The minimum Gasteiger partial charge on any atom is -0.464 e. The topological polar surface area (TPSA) is 102 Å². The van der Waals surface area contributed by atoms with Crippen LogP contribution < -0.4 is 16.1 Å². The summed E-state index contributed by atoms with van der Waals surface area (Å²) in [6.07, 6.45) is 8.47. The minimum absolute atomic E-state index is 0.0506. The summed E-state index contributed by atoms with van der Waals surface area (Å²) in [7, 11) is -5.21. The van der Waals surface area contributed by atoms with E-state index in [1.54, 1.807) is 0 Å². The van der Waals surface area contributed by atoms with Gasteiger partial charge in [0.25, 0.3) is 11.8 Å². The van der Waals surface area contributed by atoms with Crippen LogP contribution in [0.3, 0.4) is 0 Å². The van der Waals surface area contributed by atoms with E-state index < -0.39 is 16.6 Å². The molecule has 0 radical (unpaired) electrons. The molecule has 2 aliphatic rings. The molecule has 2 aliphatic heterocycles. The van der Waals surface area contributed by atoms with Crippen LogP contribution in [0, 0.1) is 0 Å². The molecule has 2 fully saturated rings. The first-order valence-electron chi connectivity index (χ1n) is 20.6. The molecule has 0 atom stereocenters. The van der Waals surface area contributed by atoms with E-state index >= 15 is 0 Å². The first kappa shape index (κ1) is 39.1. The number of piperidine rings is 2. The number of hydrogen-bond donors (Lipinski definition) is 1. The first-order chi connectivity index (χ1) is 27.4. The Labute approximate surface area is 338 Å². The highest BCUT2D eigenvalue weighted by molar-refractivity contribution is 6.98. The van der Waals surface area contributed by atoms with Crippen LogP contribution in [0.1, 0.15) is 87.4 Å². The van der Waals surface area contributed by atoms with E-state index in [2.05, 4.69) is 81.6 Å². The van der Waals surface area contributed by atoms with Crippen molar-refractivity contribution in [2.24, 2.45) is 5.73 Å². The number of carbonyl (C=O) groups is 2. The summed E-state index contributed by atoms with van der Waals surface area (Å²) in [5.74, 6) is 1.02. The fourth-order valence-corrected chi connectivity index (χ4v) is 17.6. The maximum atomic E-state index is 13.9. The van der Waals surface area contributed by atoms with E-state index in [9.17, 15) is 9.59 Å². The highest BCUT2D eigenvalue weighted by Crippen LogP contribution is 2.32. The lowest BCUT2D eigenvalue weighted by atomic mass is 9.88. The standard InChI is InChI=1S/C47H55N3O5Si2/c1-6-32-9-7-11-36(25-32)34-17-21-49(22-18-34)46(51)38-13-15-42-40(27-38)44(30-53-42)56(2,3)55-57(4,5)45-31-54-43-16-14-39(28-41(43)45)47(52)50-23-19-35(20-24-50)37-12-8-10-33(26-37)29-48/h7-16,25-28,30-31,34-35H,6,17-24,29,48H2,1-5H3. The van der Waals surface area contributed by atoms with E-state index in [4.69, 9.17) is 18.7 Å². The van der Waals surface area contributed by atoms with Crippen molar-refractivity contribution in [3.05, 3.63) is 131 Å². The van der Waals surface area contributed by atoms with Gasteiger partial charge in [0.05, 0.1) is 12.5 Å². The maximum absolute atomic E-state index is 13.9. The lowest BCUT2D eigenvalue weighted by Crippen LogP contribution is -2.57. The third-order valence-electron chi connectivity index (χ3n) is 12.5. The highest BCUT2D eigenvalue weighted by atomic mass is 28.4. The molecular weight excluding hydrogens is 743 g/mol. The Balaban J connectivity index is 0.961. The van der Waals surface area contributed by atoms with Gasteiger partial charge in [-0.25, -0.2) is 0 Å². The molecule has 2 N–H and O–H groups in total. The molecule has 8 nitrogen and oxygen atoms in total.